The third-order valence-electron chi connectivity index (χ3n) is 3.31. The molecule has 1 aliphatic rings. The molecule has 14 heavy (non-hydrogen) atoms. The lowest BCUT2D eigenvalue weighted by Gasteiger charge is -2.34. The lowest BCUT2D eigenvalue weighted by molar-refractivity contribution is 0.339. The lowest BCUT2D eigenvalue weighted by atomic mass is 9.76. The largest absolute Gasteiger partial charge is 0.316 e. The molecule has 1 saturated heterocycles. The normalized spacial score (nSPS) is 27.6. The molecule has 0 bridgehead atoms. The van der Waals surface area contributed by atoms with Crippen LogP contribution in [0.25, 0.3) is 0 Å². The number of hydrogen-bond donors (Lipinski definition) is 1. The van der Waals surface area contributed by atoms with Crippen molar-refractivity contribution in [3.63, 3.8) is 0 Å². The first kappa shape index (κ1) is 9.72. The summed E-state index contributed by atoms with van der Waals surface area (Å²) in [4.78, 5) is 0. The maximum absolute atomic E-state index is 3.49. The first-order valence-electron chi connectivity index (χ1n) is 5.49. The second-order valence-corrected chi connectivity index (χ2v) is 4.71. The number of benzene rings is 1. The Morgan fingerprint density at radius 3 is 2.86 bits per heavy atom. The van der Waals surface area contributed by atoms with Crippen molar-refractivity contribution in [2.24, 2.45) is 0 Å². The van der Waals surface area contributed by atoms with Gasteiger partial charge in [0.25, 0.3) is 0 Å². The van der Waals surface area contributed by atoms with E-state index in [2.05, 4.69) is 43.4 Å². The van der Waals surface area contributed by atoms with Crippen LogP contribution in [0, 0.1) is 6.92 Å². The van der Waals surface area contributed by atoms with Gasteiger partial charge in [-0.15, -0.1) is 0 Å². The average molecular weight is 189 g/mol. The molecular formula is C13H19N. The van der Waals surface area contributed by atoms with Crippen molar-refractivity contribution >= 4 is 0 Å². The summed E-state index contributed by atoms with van der Waals surface area (Å²) in [5.74, 6) is 0. The van der Waals surface area contributed by atoms with Gasteiger partial charge in [-0.3, -0.25) is 0 Å². The molecule has 1 heterocycles. The molecule has 1 atom stereocenters. The fourth-order valence-electron chi connectivity index (χ4n) is 2.32. The number of nitrogens with one attached hydrogen (secondary N) is 1. The number of rotatable bonds is 1. The zero-order chi connectivity index (χ0) is 10.0. The maximum Gasteiger partial charge on any atom is 0.00501 e. The maximum atomic E-state index is 3.49. The van der Waals surface area contributed by atoms with E-state index in [1.807, 2.05) is 0 Å². The number of hydrogen-bond acceptors (Lipinski definition) is 1. The molecular weight excluding hydrogens is 170 g/mol. The molecule has 0 aliphatic carbocycles. The van der Waals surface area contributed by atoms with E-state index in [0.717, 1.165) is 6.54 Å². The van der Waals surface area contributed by atoms with Crippen LogP contribution in [0.15, 0.2) is 24.3 Å². The van der Waals surface area contributed by atoms with E-state index in [4.69, 9.17) is 0 Å². The monoisotopic (exact) mass is 189 g/mol. The standard InChI is InChI=1S/C13H19N/c1-11-5-3-6-12(9-11)13(2)7-4-8-14-10-13/h3,5-6,9,14H,4,7-8,10H2,1-2H3. The number of piperidine rings is 1. The Morgan fingerprint density at radius 2 is 2.21 bits per heavy atom. The highest BCUT2D eigenvalue weighted by molar-refractivity contribution is 5.29. The minimum Gasteiger partial charge on any atom is -0.316 e. The summed E-state index contributed by atoms with van der Waals surface area (Å²) >= 11 is 0. The predicted octanol–water partition coefficient (Wildman–Crippen LogP) is 2.64. The van der Waals surface area contributed by atoms with Crippen LogP contribution < -0.4 is 5.32 Å². The minimum atomic E-state index is 0.351. The van der Waals surface area contributed by atoms with Crippen molar-refractivity contribution in [3.05, 3.63) is 35.4 Å². The van der Waals surface area contributed by atoms with Crippen molar-refractivity contribution in [1.82, 2.24) is 5.32 Å². The van der Waals surface area contributed by atoms with Crippen molar-refractivity contribution in [2.75, 3.05) is 13.1 Å². The molecule has 1 fully saturated rings. The summed E-state index contributed by atoms with van der Waals surface area (Å²) < 4.78 is 0. The molecule has 1 heteroatoms. The Hall–Kier alpha value is -0.820. The van der Waals surface area contributed by atoms with Crippen molar-refractivity contribution in [2.45, 2.75) is 32.1 Å². The highest BCUT2D eigenvalue weighted by atomic mass is 14.9. The molecule has 76 valence electrons. The second-order valence-electron chi connectivity index (χ2n) is 4.71. The molecule has 0 aromatic heterocycles. The summed E-state index contributed by atoms with van der Waals surface area (Å²) in [5.41, 5.74) is 3.21. The van der Waals surface area contributed by atoms with Crippen LogP contribution in [-0.2, 0) is 5.41 Å². The van der Waals surface area contributed by atoms with Gasteiger partial charge < -0.3 is 5.32 Å². The topological polar surface area (TPSA) is 12.0 Å². The van der Waals surface area contributed by atoms with Crippen LogP contribution in [-0.4, -0.2) is 13.1 Å². The molecule has 0 spiro atoms. The van der Waals surface area contributed by atoms with E-state index >= 15 is 0 Å². The third-order valence-corrected chi connectivity index (χ3v) is 3.31. The van der Waals surface area contributed by atoms with Crippen molar-refractivity contribution in [1.29, 1.82) is 0 Å². The van der Waals surface area contributed by atoms with E-state index in [9.17, 15) is 0 Å². The summed E-state index contributed by atoms with van der Waals surface area (Å²) in [7, 11) is 0. The van der Waals surface area contributed by atoms with Gasteiger partial charge in [0, 0.05) is 12.0 Å². The Balaban J connectivity index is 2.28. The second kappa shape index (κ2) is 3.74. The molecule has 2 rings (SSSR count). The molecule has 1 aromatic rings. The Bertz CT molecular complexity index is 311. The summed E-state index contributed by atoms with van der Waals surface area (Å²) in [6, 6.07) is 8.93. The van der Waals surface area contributed by atoms with Crippen LogP contribution in [0.1, 0.15) is 30.9 Å². The van der Waals surface area contributed by atoms with Gasteiger partial charge in [0.15, 0.2) is 0 Å². The molecule has 0 radical (unpaired) electrons. The van der Waals surface area contributed by atoms with Crippen LogP contribution in [0.2, 0.25) is 0 Å². The Morgan fingerprint density at radius 1 is 1.36 bits per heavy atom. The quantitative estimate of drug-likeness (QED) is 0.716. The fraction of sp³-hybridized carbons (Fsp3) is 0.538. The average Bonchev–Trinajstić information content (AvgIpc) is 2.19. The van der Waals surface area contributed by atoms with Crippen molar-refractivity contribution < 1.29 is 0 Å². The van der Waals surface area contributed by atoms with Gasteiger partial charge in [-0.1, -0.05) is 36.8 Å². The molecule has 1 unspecified atom stereocenters. The first-order chi connectivity index (χ1) is 6.71. The summed E-state index contributed by atoms with van der Waals surface area (Å²) in [5, 5.41) is 3.49. The molecule has 0 amide bonds. The van der Waals surface area contributed by atoms with E-state index in [0.29, 0.717) is 5.41 Å². The van der Waals surface area contributed by atoms with Crippen LogP contribution in [0.5, 0.6) is 0 Å². The SMILES string of the molecule is Cc1cccc(C2(C)CCCNC2)c1. The predicted molar refractivity (Wildman–Crippen MR) is 60.6 cm³/mol. The molecule has 1 aliphatic heterocycles. The van der Waals surface area contributed by atoms with Gasteiger partial charge in [-0.05, 0) is 31.9 Å². The number of aryl methyl sites for hydroxylation is 1. The van der Waals surface area contributed by atoms with Crippen LogP contribution in [0.3, 0.4) is 0 Å². The highest BCUT2D eigenvalue weighted by Gasteiger charge is 2.28. The van der Waals surface area contributed by atoms with E-state index in [1.165, 1.54) is 30.5 Å². The Labute approximate surface area is 86.5 Å². The van der Waals surface area contributed by atoms with Gasteiger partial charge in [0.2, 0.25) is 0 Å². The smallest absolute Gasteiger partial charge is 0.00501 e. The molecule has 1 nitrogen and oxygen atoms in total. The van der Waals surface area contributed by atoms with E-state index in [1.54, 1.807) is 0 Å². The molecule has 1 aromatic carbocycles. The summed E-state index contributed by atoms with van der Waals surface area (Å²) in [6.07, 6.45) is 2.61. The zero-order valence-electron chi connectivity index (χ0n) is 9.14. The van der Waals surface area contributed by atoms with Crippen LogP contribution >= 0.6 is 0 Å². The van der Waals surface area contributed by atoms with Gasteiger partial charge in [-0.2, -0.15) is 0 Å². The van der Waals surface area contributed by atoms with Gasteiger partial charge in [-0.25, -0.2) is 0 Å². The third kappa shape index (κ3) is 1.83. The summed E-state index contributed by atoms with van der Waals surface area (Å²) in [6.45, 7) is 6.84. The first-order valence-corrected chi connectivity index (χ1v) is 5.49. The van der Waals surface area contributed by atoms with Gasteiger partial charge in [0.1, 0.15) is 0 Å². The highest BCUT2D eigenvalue weighted by Crippen LogP contribution is 2.30. The minimum absolute atomic E-state index is 0.351. The van der Waals surface area contributed by atoms with E-state index < -0.39 is 0 Å². The molecule has 0 saturated carbocycles. The van der Waals surface area contributed by atoms with E-state index in [-0.39, 0.29) is 0 Å². The fourth-order valence-corrected chi connectivity index (χ4v) is 2.32. The molecule has 1 N–H and O–H groups in total. The van der Waals surface area contributed by atoms with Gasteiger partial charge in [0.05, 0.1) is 0 Å². The zero-order valence-corrected chi connectivity index (χ0v) is 9.14. The lowest BCUT2D eigenvalue weighted by Crippen LogP contribution is -2.41. The van der Waals surface area contributed by atoms with Crippen molar-refractivity contribution in [3.8, 4) is 0 Å². The van der Waals surface area contributed by atoms with Gasteiger partial charge >= 0.3 is 0 Å². The Kier molecular flexibility index (Phi) is 2.60. The van der Waals surface area contributed by atoms with Crippen LogP contribution in [0.4, 0.5) is 0 Å².